The molecule has 0 aromatic heterocycles. The number of esters is 1. The molecule has 0 spiro atoms. The molecule has 0 amide bonds. The maximum Gasteiger partial charge on any atom is 0.338 e. The predicted octanol–water partition coefficient (Wildman–Crippen LogP) is 4.48. The first-order chi connectivity index (χ1) is 8.96. The maximum absolute atomic E-state index is 12.1. The van der Waals surface area contributed by atoms with Gasteiger partial charge in [0.15, 0.2) is 0 Å². The van der Waals surface area contributed by atoms with E-state index in [0.717, 1.165) is 9.13 Å². The largest absolute Gasteiger partial charge is 0.456 e. The van der Waals surface area contributed by atoms with Crippen LogP contribution in [0.3, 0.4) is 0 Å². The van der Waals surface area contributed by atoms with Gasteiger partial charge in [-0.1, -0.05) is 25.6 Å². The van der Waals surface area contributed by atoms with Crippen LogP contribution in [0.25, 0.3) is 0 Å². The summed E-state index contributed by atoms with van der Waals surface area (Å²) in [6, 6.07) is 5.62. The fraction of sp³-hybridized carbons (Fsp3) is 0.438. The minimum absolute atomic E-state index is 0.299. The molecule has 0 N–H and O–H groups in total. The van der Waals surface area contributed by atoms with Gasteiger partial charge < -0.3 is 4.74 Å². The number of carbonyl (C=O) groups excluding carboxylic acids is 1. The topological polar surface area (TPSA) is 26.3 Å². The molecule has 0 unspecified atom stereocenters. The summed E-state index contributed by atoms with van der Waals surface area (Å²) in [5.74, 6) is 2.88. The normalized spacial score (nSPS) is 11.6. The van der Waals surface area contributed by atoms with Gasteiger partial charge in [0, 0.05) is 9.13 Å². The van der Waals surface area contributed by atoms with E-state index in [2.05, 4.69) is 53.7 Å². The molecule has 4 heteroatoms. The monoisotopic (exact) mass is 400 g/mol. The Morgan fingerprint density at radius 1 is 1.20 bits per heavy atom. The molecule has 0 aliphatic carbocycles. The van der Waals surface area contributed by atoms with Crippen molar-refractivity contribution in [2.75, 3.05) is 0 Å². The van der Waals surface area contributed by atoms with Crippen LogP contribution in [0.15, 0.2) is 18.2 Å². The molecule has 1 aromatic carbocycles. The lowest BCUT2D eigenvalue weighted by Crippen LogP contribution is -2.24. The van der Waals surface area contributed by atoms with Gasteiger partial charge in [-0.2, -0.15) is 0 Å². The SMILES string of the molecule is CC(C)(C)OC(=O)c1cc(I)cc(C#C[Si](C)(C)C)c1. The fourth-order valence-electron chi connectivity index (χ4n) is 1.38. The van der Waals surface area contributed by atoms with Crippen molar-refractivity contribution in [1.29, 1.82) is 0 Å². The third kappa shape index (κ3) is 6.57. The second kappa shape index (κ2) is 6.31. The smallest absolute Gasteiger partial charge is 0.338 e. The zero-order valence-electron chi connectivity index (χ0n) is 12.9. The van der Waals surface area contributed by atoms with E-state index in [-0.39, 0.29) is 5.97 Å². The molecule has 0 aliphatic rings. The molecule has 1 rings (SSSR count). The fourth-order valence-corrected chi connectivity index (χ4v) is 2.57. The lowest BCUT2D eigenvalue weighted by molar-refractivity contribution is 0.00694. The minimum Gasteiger partial charge on any atom is -0.456 e. The summed E-state index contributed by atoms with van der Waals surface area (Å²) in [4.78, 5) is 12.1. The maximum atomic E-state index is 12.1. The second-order valence-corrected chi connectivity index (χ2v) is 12.7. The van der Waals surface area contributed by atoms with Crippen molar-refractivity contribution in [1.82, 2.24) is 0 Å². The summed E-state index contributed by atoms with van der Waals surface area (Å²) >= 11 is 2.20. The van der Waals surface area contributed by atoms with Crippen LogP contribution >= 0.6 is 22.6 Å². The highest BCUT2D eigenvalue weighted by molar-refractivity contribution is 14.1. The van der Waals surface area contributed by atoms with Gasteiger partial charge in [-0.25, -0.2) is 4.79 Å². The highest BCUT2D eigenvalue weighted by Crippen LogP contribution is 2.16. The van der Waals surface area contributed by atoms with Crippen LogP contribution in [-0.4, -0.2) is 19.6 Å². The average Bonchev–Trinajstić information content (AvgIpc) is 2.22. The molecule has 20 heavy (non-hydrogen) atoms. The van der Waals surface area contributed by atoms with Gasteiger partial charge in [0.1, 0.15) is 13.7 Å². The molecule has 0 radical (unpaired) electrons. The van der Waals surface area contributed by atoms with Crippen molar-refractivity contribution >= 4 is 36.6 Å². The second-order valence-electron chi connectivity index (χ2n) is 6.73. The van der Waals surface area contributed by atoms with Crippen molar-refractivity contribution < 1.29 is 9.53 Å². The summed E-state index contributed by atoms with van der Waals surface area (Å²) in [5, 5.41) is 0. The summed E-state index contributed by atoms with van der Waals surface area (Å²) in [5.41, 5.74) is 4.27. The van der Waals surface area contributed by atoms with Gasteiger partial charge >= 0.3 is 5.97 Å². The summed E-state index contributed by atoms with van der Waals surface area (Å²) in [7, 11) is -1.42. The van der Waals surface area contributed by atoms with E-state index in [1.54, 1.807) is 0 Å². The Kier molecular flexibility index (Phi) is 5.44. The first-order valence-electron chi connectivity index (χ1n) is 6.53. The number of rotatable bonds is 1. The zero-order chi connectivity index (χ0) is 15.6. The number of hydrogen-bond donors (Lipinski definition) is 0. The molecule has 0 saturated heterocycles. The Hall–Kier alpha value is -0.803. The number of halogens is 1. The van der Waals surface area contributed by atoms with Gasteiger partial charge in [0.2, 0.25) is 0 Å². The van der Waals surface area contributed by atoms with Crippen molar-refractivity contribution in [3.8, 4) is 11.5 Å². The van der Waals surface area contributed by atoms with Gasteiger partial charge in [0.25, 0.3) is 0 Å². The minimum atomic E-state index is -1.42. The molecule has 0 fully saturated rings. The standard InChI is InChI=1S/C16H21IO2Si/c1-16(2,3)19-15(18)13-9-12(10-14(17)11-13)7-8-20(4,5)6/h9-11H,1-6H3. The number of carbonyl (C=O) groups is 1. The first-order valence-corrected chi connectivity index (χ1v) is 11.1. The molecule has 0 heterocycles. The van der Waals surface area contributed by atoms with E-state index in [1.165, 1.54) is 0 Å². The molecular weight excluding hydrogens is 379 g/mol. The van der Waals surface area contributed by atoms with Gasteiger partial charge in [-0.05, 0) is 61.6 Å². The van der Waals surface area contributed by atoms with Crippen LogP contribution in [-0.2, 0) is 4.74 Å². The predicted molar refractivity (Wildman–Crippen MR) is 94.6 cm³/mol. The van der Waals surface area contributed by atoms with Crippen LogP contribution in [0.4, 0.5) is 0 Å². The Labute approximate surface area is 136 Å². The van der Waals surface area contributed by atoms with Crippen molar-refractivity contribution in [3.05, 3.63) is 32.9 Å². The summed E-state index contributed by atoms with van der Waals surface area (Å²) < 4.78 is 6.39. The molecule has 0 aliphatic heterocycles. The van der Waals surface area contributed by atoms with E-state index >= 15 is 0 Å². The van der Waals surface area contributed by atoms with E-state index in [4.69, 9.17) is 4.74 Å². The Balaban J connectivity index is 3.09. The van der Waals surface area contributed by atoms with Gasteiger partial charge in [-0.3, -0.25) is 0 Å². The molecule has 0 bridgehead atoms. The number of hydrogen-bond acceptors (Lipinski definition) is 2. The highest BCUT2D eigenvalue weighted by atomic mass is 127. The highest BCUT2D eigenvalue weighted by Gasteiger charge is 2.18. The van der Waals surface area contributed by atoms with E-state index in [0.29, 0.717) is 5.56 Å². The summed E-state index contributed by atoms with van der Waals surface area (Å²) in [6.45, 7) is 12.2. The Bertz CT molecular complexity index is 569. The first kappa shape index (κ1) is 17.2. The number of benzene rings is 1. The quantitative estimate of drug-likeness (QED) is 0.301. The molecule has 0 saturated carbocycles. The van der Waals surface area contributed by atoms with Crippen molar-refractivity contribution in [3.63, 3.8) is 0 Å². The summed E-state index contributed by atoms with van der Waals surface area (Å²) in [6.07, 6.45) is 0. The van der Waals surface area contributed by atoms with Crippen LogP contribution in [0, 0.1) is 15.0 Å². The van der Waals surface area contributed by atoms with E-state index in [9.17, 15) is 4.79 Å². The van der Waals surface area contributed by atoms with Crippen molar-refractivity contribution in [2.24, 2.45) is 0 Å². The number of ether oxygens (including phenoxy) is 1. The molecule has 108 valence electrons. The molecule has 0 atom stereocenters. The van der Waals surface area contributed by atoms with Gasteiger partial charge in [0.05, 0.1) is 5.56 Å². The van der Waals surface area contributed by atoms with E-state index < -0.39 is 13.7 Å². The molecule has 2 nitrogen and oxygen atoms in total. The lowest BCUT2D eigenvalue weighted by atomic mass is 10.1. The van der Waals surface area contributed by atoms with Crippen LogP contribution in [0.2, 0.25) is 19.6 Å². The van der Waals surface area contributed by atoms with Crippen LogP contribution in [0.1, 0.15) is 36.7 Å². The zero-order valence-corrected chi connectivity index (χ0v) is 16.1. The average molecular weight is 400 g/mol. The Morgan fingerprint density at radius 3 is 2.30 bits per heavy atom. The Morgan fingerprint density at radius 2 is 1.80 bits per heavy atom. The lowest BCUT2D eigenvalue weighted by Gasteiger charge is -2.19. The third-order valence-corrected chi connectivity index (χ3v) is 3.61. The third-order valence-electron chi connectivity index (χ3n) is 2.11. The molecule has 1 aromatic rings. The van der Waals surface area contributed by atoms with E-state index in [1.807, 2.05) is 39.0 Å². The van der Waals surface area contributed by atoms with Crippen molar-refractivity contribution in [2.45, 2.75) is 46.0 Å². The van der Waals surface area contributed by atoms with Crippen LogP contribution < -0.4 is 0 Å². The van der Waals surface area contributed by atoms with Crippen LogP contribution in [0.5, 0.6) is 0 Å². The molecular formula is C16H21IO2Si. The van der Waals surface area contributed by atoms with Gasteiger partial charge in [-0.15, -0.1) is 5.54 Å².